The van der Waals surface area contributed by atoms with Gasteiger partial charge in [0.25, 0.3) is 5.91 Å². The van der Waals surface area contributed by atoms with Crippen LogP contribution < -0.4 is 5.32 Å². The Balaban J connectivity index is 1.71. The summed E-state index contributed by atoms with van der Waals surface area (Å²) in [6.45, 7) is 2.07. The summed E-state index contributed by atoms with van der Waals surface area (Å²) in [5, 5.41) is 8.86. The molecular weight excluding hydrogens is 318 g/mol. The van der Waals surface area contributed by atoms with Crippen LogP contribution in [0.4, 0.5) is 5.13 Å². The van der Waals surface area contributed by atoms with E-state index in [1.54, 1.807) is 30.8 Å². The topological polar surface area (TPSA) is 98.5 Å². The predicted octanol–water partition coefficient (Wildman–Crippen LogP) is 1.54. The Hall–Kier alpha value is -2.81. The minimum absolute atomic E-state index is 0.0818. The number of esters is 1. The number of nitrogens with one attached hydrogen (secondary N) is 1. The summed E-state index contributed by atoms with van der Waals surface area (Å²) in [7, 11) is 0. The van der Waals surface area contributed by atoms with Gasteiger partial charge in [0.2, 0.25) is 0 Å². The molecule has 0 aliphatic rings. The number of fused-ring (bicyclic) bond motifs is 1. The fourth-order valence-electron chi connectivity index (χ4n) is 1.96. The highest BCUT2D eigenvalue weighted by atomic mass is 32.1. The average molecular weight is 331 g/mol. The fourth-order valence-corrected chi connectivity index (χ4v) is 2.66. The van der Waals surface area contributed by atoms with Crippen molar-refractivity contribution in [3.05, 3.63) is 41.3 Å². The van der Waals surface area contributed by atoms with Crippen LogP contribution in [0.1, 0.15) is 23.0 Å². The van der Waals surface area contributed by atoms with E-state index >= 15 is 0 Å². The standard InChI is InChI=1S/C14H13N5O3S/c1-2-22-11(20)6-9-8-23-14(17-9)18-13(21)10-7-16-19-5-3-4-15-12(10)19/h3-5,7-8H,2,6H2,1H3,(H,17,18,21). The zero-order chi connectivity index (χ0) is 16.2. The van der Waals surface area contributed by atoms with Crippen LogP contribution in [0.25, 0.3) is 5.65 Å². The van der Waals surface area contributed by atoms with Crippen LogP contribution in [-0.2, 0) is 16.0 Å². The molecule has 118 valence electrons. The summed E-state index contributed by atoms with van der Waals surface area (Å²) in [6.07, 6.45) is 4.83. The van der Waals surface area contributed by atoms with Gasteiger partial charge < -0.3 is 4.74 Å². The van der Waals surface area contributed by atoms with Crippen LogP contribution in [0.3, 0.4) is 0 Å². The SMILES string of the molecule is CCOC(=O)Cc1csc(NC(=O)c2cnn3cccnc23)n1. The van der Waals surface area contributed by atoms with Crippen LogP contribution in [0.15, 0.2) is 30.0 Å². The predicted molar refractivity (Wildman–Crippen MR) is 83.4 cm³/mol. The van der Waals surface area contributed by atoms with Crippen molar-refractivity contribution in [1.82, 2.24) is 19.6 Å². The third kappa shape index (κ3) is 3.34. The number of anilines is 1. The first-order valence-electron chi connectivity index (χ1n) is 6.87. The third-order valence-electron chi connectivity index (χ3n) is 2.93. The molecule has 0 aliphatic carbocycles. The molecule has 3 aromatic heterocycles. The molecule has 0 saturated carbocycles. The van der Waals surface area contributed by atoms with Gasteiger partial charge in [0.05, 0.1) is 24.9 Å². The minimum Gasteiger partial charge on any atom is -0.466 e. The van der Waals surface area contributed by atoms with Crippen molar-refractivity contribution in [2.75, 3.05) is 11.9 Å². The highest BCUT2D eigenvalue weighted by molar-refractivity contribution is 7.14. The van der Waals surface area contributed by atoms with Crippen molar-refractivity contribution in [3.8, 4) is 0 Å². The Kier molecular flexibility index (Phi) is 4.29. The number of rotatable bonds is 5. The Morgan fingerprint density at radius 1 is 1.43 bits per heavy atom. The lowest BCUT2D eigenvalue weighted by atomic mass is 10.3. The molecule has 23 heavy (non-hydrogen) atoms. The largest absolute Gasteiger partial charge is 0.466 e. The second kappa shape index (κ2) is 6.53. The van der Waals surface area contributed by atoms with Gasteiger partial charge in [-0.15, -0.1) is 11.3 Å². The van der Waals surface area contributed by atoms with Crippen molar-refractivity contribution < 1.29 is 14.3 Å². The minimum atomic E-state index is -0.351. The van der Waals surface area contributed by atoms with Gasteiger partial charge in [-0.2, -0.15) is 5.10 Å². The van der Waals surface area contributed by atoms with E-state index in [1.807, 2.05) is 0 Å². The Morgan fingerprint density at radius 2 is 2.30 bits per heavy atom. The number of carbonyl (C=O) groups is 2. The molecule has 9 heteroatoms. The van der Waals surface area contributed by atoms with Crippen molar-refractivity contribution in [2.45, 2.75) is 13.3 Å². The summed E-state index contributed by atoms with van der Waals surface area (Å²) in [4.78, 5) is 32.0. The number of hydrogen-bond acceptors (Lipinski definition) is 7. The highest BCUT2D eigenvalue weighted by Crippen LogP contribution is 2.18. The van der Waals surface area contributed by atoms with E-state index in [0.29, 0.717) is 28.6 Å². The van der Waals surface area contributed by atoms with Gasteiger partial charge in [0.1, 0.15) is 5.56 Å². The smallest absolute Gasteiger partial charge is 0.311 e. The highest BCUT2D eigenvalue weighted by Gasteiger charge is 2.16. The van der Waals surface area contributed by atoms with E-state index in [9.17, 15) is 9.59 Å². The third-order valence-corrected chi connectivity index (χ3v) is 3.73. The van der Waals surface area contributed by atoms with Crippen molar-refractivity contribution in [1.29, 1.82) is 0 Å². The van der Waals surface area contributed by atoms with Gasteiger partial charge in [-0.25, -0.2) is 14.5 Å². The first-order valence-corrected chi connectivity index (χ1v) is 7.75. The monoisotopic (exact) mass is 331 g/mol. The lowest BCUT2D eigenvalue weighted by Crippen LogP contribution is -2.12. The Bertz CT molecular complexity index is 857. The summed E-state index contributed by atoms with van der Waals surface area (Å²) in [6, 6.07) is 1.73. The number of aromatic nitrogens is 4. The van der Waals surface area contributed by atoms with E-state index in [0.717, 1.165) is 0 Å². The second-order valence-electron chi connectivity index (χ2n) is 4.53. The van der Waals surface area contributed by atoms with Crippen molar-refractivity contribution >= 4 is 34.0 Å². The number of nitrogens with zero attached hydrogens (tertiary/aromatic N) is 4. The van der Waals surface area contributed by atoms with Gasteiger partial charge in [-0.1, -0.05) is 0 Å². The molecule has 0 unspecified atom stereocenters. The molecule has 1 N–H and O–H groups in total. The maximum atomic E-state index is 12.3. The normalized spacial score (nSPS) is 10.7. The molecule has 0 bridgehead atoms. The molecule has 3 aromatic rings. The summed E-state index contributed by atoms with van der Waals surface area (Å²) < 4.78 is 6.38. The van der Waals surface area contributed by atoms with Gasteiger partial charge >= 0.3 is 5.97 Å². The molecule has 3 rings (SSSR count). The summed E-state index contributed by atoms with van der Waals surface area (Å²) >= 11 is 1.24. The molecule has 1 amide bonds. The van der Waals surface area contributed by atoms with Crippen molar-refractivity contribution in [2.24, 2.45) is 0 Å². The van der Waals surface area contributed by atoms with Gasteiger partial charge in [-0.3, -0.25) is 14.9 Å². The quantitative estimate of drug-likeness (QED) is 0.712. The molecule has 3 heterocycles. The van der Waals surface area contributed by atoms with E-state index in [4.69, 9.17) is 4.74 Å². The number of ether oxygens (including phenoxy) is 1. The Labute approximate surface area is 135 Å². The average Bonchev–Trinajstić information content (AvgIpc) is 3.14. The van der Waals surface area contributed by atoms with Crippen molar-refractivity contribution in [3.63, 3.8) is 0 Å². The van der Waals surface area contributed by atoms with Gasteiger partial charge in [0, 0.05) is 17.8 Å². The van der Waals surface area contributed by atoms with E-state index in [-0.39, 0.29) is 18.3 Å². The molecule has 0 atom stereocenters. The molecule has 0 aliphatic heterocycles. The van der Waals surface area contributed by atoms with E-state index < -0.39 is 0 Å². The lowest BCUT2D eigenvalue weighted by Gasteiger charge is -2.00. The maximum Gasteiger partial charge on any atom is 0.311 e. The molecule has 0 fully saturated rings. The zero-order valence-electron chi connectivity index (χ0n) is 12.2. The first-order chi connectivity index (χ1) is 11.2. The lowest BCUT2D eigenvalue weighted by molar-refractivity contribution is -0.142. The molecular formula is C14H13N5O3S. The van der Waals surface area contributed by atoms with Crippen LogP contribution in [0, 0.1) is 0 Å². The fraction of sp³-hybridized carbons (Fsp3) is 0.214. The van der Waals surface area contributed by atoms with Gasteiger partial charge in [-0.05, 0) is 13.0 Å². The van der Waals surface area contributed by atoms with Crippen LogP contribution in [0.5, 0.6) is 0 Å². The molecule has 0 aromatic carbocycles. The first kappa shape index (κ1) is 15.1. The number of thiazole rings is 1. The van der Waals surface area contributed by atoms with E-state index in [2.05, 4.69) is 20.4 Å². The van der Waals surface area contributed by atoms with Crippen LogP contribution >= 0.6 is 11.3 Å². The number of amides is 1. The second-order valence-corrected chi connectivity index (χ2v) is 5.38. The molecule has 0 radical (unpaired) electrons. The molecule has 0 saturated heterocycles. The van der Waals surface area contributed by atoms with Crippen LogP contribution in [0.2, 0.25) is 0 Å². The zero-order valence-corrected chi connectivity index (χ0v) is 13.0. The van der Waals surface area contributed by atoms with Crippen LogP contribution in [-0.4, -0.2) is 38.1 Å². The number of carbonyl (C=O) groups excluding carboxylic acids is 2. The number of hydrogen-bond donors (Lipinski definition) is 1. The molecule has 0 spiro atoms. The summed E-state index contributed by atoms with van der Waals surface area (Å²) in [5.74, 6) is -0.696. The summed E-state index contributed by atoms with van der Waals surface area (Å²) in [5.41, 5.74) is 1.38. The molecule has 8 nitrogen and oxygen atoms in total. The Morgan fingerprint density at radius 3 is 3.13 bits per heavy atom. The van der Waals surface area contributed by atoms with Gasteiger partial charge in [0.15, 0.2) is 10.8 Å². The van der Waals surface area contributed by atoms with E-state index in [1.165, 1.54) is 22.0 Å². The maximum absolute atomic E-state index is 12.3.